The fourth-order valence-corrected chi connectivity index (χ4v) is 3.52. The van der Waals surface area contributed by atoms with Crippen LogP contribution < -0.4 is 0 Å². The van der Waals surface area contributed by atoms with Crippen molar-refractivity contribution in [3.63, 3.8) is 0 Å². The molecule has 0 N–H and O–H groups in total. The monoisotopic (exact) mass is 358 g/mol. The Morgan fingerprint density at radius 2 is 2.12 bits per heavy atom. The van der Waals surface area contributed by atoms with Crippen LogP contribution in [-0.4, -0.2) is 0 Å². The maximum Gasteiger partial charge on any atom is 0.0443 e. The molecule has 0 aliphatic carbocycles. The summed E-state index contributed by atoms with van der Waals surface area (Å²) in [5.41, 5.74) is 2.60. The molecule has 0 aliphatic rings. The van der Waals surface area contributed by atoms with E-state index in [0.717, 1.165) is 6.42 Å². The van der Waals surface area contributed by atoms with E-state index in [4.69, 9.17) is 0 Å². The van der Waals surface area contributed by atoms with E-state index in [0.29, 0.717) is 4.83 Å². The second-order valence-electron chi connectivity index (χ2n) is 3.76. The highest BCUT2D eigenvalue weighted by atomic mass is 79.9. The molecular weight excluding hydrogens is 348 g/mol. The number of benzene rings is 1. The minimum atomic E-state index is 0.392. The molecule has 1 unspecified atom stereocenters. The van der Waals surface area contributed by atoms with Crippen LogP contribution in [-0.2, 0) is 6.42 Å². The van der Waals surface area contributed by atoms with Crippen LogP contribution >= 0.6 is 43.2 Å². The van der Waals surface area contributed by atoms with E-state index >= 15 is 0 Å². The summed E-state index contributed by atoms with van der Waals surface area (Å²) in [4.78, 5) is 1.81. The number of rotatable bonds is 3. The molecule has 0 spiro atoms. The van der Waals surface area contributed by atoms with E-state index in [9.17, 15) is 0 Å². The van der Waals surface area contributed by atoms with Crippen molar-refractivity contribution >= 4 is 43.2 Å². The number of thiophene rings is 1. The van der Waals surface area contributed by atoms with E-state index in [-0.39, 0.29) is 0 Å². The molecule has 1 aromatic heterocycles. The highest BCUT2D eigenvalue weighted by molar-refractivity contribution is 9.10. The molecular formula is C13H12Br2S. The van der Waals surface area contributed by atoms with Crippen molar-refractivity contribution in [2.24, 2.45) is 0 Å². The summed E-state index contributed by atoms with van der Waals surface area (Å²) in [6.45, 7) is 2.11. The van der Waals surface area contributed by atoms with Crippen LogP contribution in [0.15, 0.2) is 40.2 Å². The second-order valence-corrected chi connectivity index (χ2v) is 6.75. The van der Waals surface area contributed by atoms with Gasteiger partial charge in [0, 0.05) is 14.2 Å². The lowest BCUT2D eigenvalue weighted by Crippen LogP contribution is -1.94. The van der Waals surface area contributed by atoms with Crippen molar-refractivity contribution in [1.82, 2.24) is 0 Å². The second kappa shape index (κ2) is 5.48. The van der Waals surface area contributed by atoms with Crippen molar-refractivity contribution < 1.29 is 0 Å². The number of hydrogen-bond donors (Lipinski definition) is 0. The average Bonchev–Trinajstić information content (AvgIpc) is 2.74. The third-order valence-corrected chi connectivity index (χ3v) is 5.12. The molecule has 84 valence electrons. The van der Waals surface area contributed by atoms with Gasteiger partial charge in [-0.25, -0.2) is 0 Å². The Morgan fingerprint density at radius 1 is 1.31 bits per heavy atom. The predicted molar refractivity (Wildman–Crippen MR) is 78.6 cm³/mol. The van der Waals surface area contributed by atoms with Crippen LogP contribution in [0.5, 0.6) is 0 Å². The van der Waals surface area contributed by atoms with Gasteiger partial charge < -0.3 is 0 Å². The molecule has 1 heterocycles. The highest BCUT2D eigenvalue weighted by Crippen LogP contribution is 2.31. The molecule has 0 bridgehead atoms. The standard InChI is InChI=1S/C13H12Br2S/c1-9-4-5-10(7-12(9)14)13(15)8-11-3-2-6-16-11/h2-7,13H,8H2,1H3. The normalized spacial score (nSPS) is 12.7. The number of aryl methyl sites for hydroxylation is 1. The molecule has 1 atom stereocenters. The quantitative estimate of drug-likeness (QED) is 0.635. The average molecular weight is 360 g/mol. The summed E-state index contributed by atoms with van der Waals surface area (Å²) in [6.07, 6.45) is 1.05. The lowest BCUT2D eigenvalue weighted by atomic mass is 10.1. The maximum absolute atomic E-state index is 3.75. The van der Waals surface area contributed by atoms with Crippen LogP contribution in [0.3, 0.4) is 0 Å². The summed E-state index contributed by atoms with van der Waals surface area (Å²) in [7, 11) is 0. The van der Waals surface area contributed by atoms with E-state index in [1.165, 1.54) is 20.5 Å². The van der Waals surface area contributed by atoms with E-state index in [2.05, 4.69) is 74.5 Å². The van der Waals surface area contributed by atoms with Gasteiger partial charge in [-0.2, -0.15) is 0 Å². The maximum atomic E-state index is 3.75. The summed E-state index contributed by atoms with van der Waals surface area (Å²) >= 11 is 9.14. The molecule has 0 nitrogen and oxygen atoms in total. The zero-order valence-corrected chi connectivity index (χ0v) is 12.9. The number of halogens is 2. The van der Waals surface area contributed by atoms with Gasteiger partial charge in [0.2, 0.25) is 0 Å². The first-order valence-electron chi connectivity index (χ1n) is 5.09. The summed E-state index contributed by atoms with van der Waals surface area (Å²) in [6, 6.07) is 10.8. The first-order valence-corrected chi connectivity index (χ1v) is 7.68. The predicted octanol–water partition coefficient (Wildman–Crippen LogP) is 5.50. The Morgan fingerprint density at radius 3 is 2.75 bits per heavy atom. The molecule has 1 aromatic carbocycles. The third kappa shape index (κ3) is 2.96. The molecule has 16 heavy (non-hydrogen) atoms. The van der Waals surface area contributed by atoms with Crippen molar-refractivity contribution in [2.75, 3.05) is 0 Å². The first kappa shape index (κ1) is 12.3. The molecule has 3 heteroatoms. The smallest absolute Gasteiger partial charge is 0.0443 e. The Bertz CT molecular complexity index is 463. The zero-order chi connectivity index (χ0) is 11.5. The van der Waals surface area contributed by atoms with Gasteiger partial charge in [0.1, 0.15) is 0 Å². The molecule has 0 amide bonds. The molecule has 2 aromatic rings. The molecule has 2 rings (SSSR count). The van der Waals surface area contributed by atoms with E-state index < -0.39 is 0 Å². The van der Waals surface area contributed by atoms with E-state index in [1.54, 1.807) is 0 Å². The lowest BCUT2D eigenvalue weighted by molar-refractivity contribution is 0.966. The molecule has 0 radical (unpaired) electrons. The van der Waals surface area contributed by atoms with Gasteiger partial charge in [0.15, 0.2) is 0 Å². The lowest BCUT2D eigenvalue weighted by Gasteiger charge is -2.10. The van der Waals surface area contributed by atoms with Gasteiger partial charge in [-0.1, -0.05) is 50.1 Å². The number of alkyl halides is 1. The summed E-state index contributed by atoms with van der Waals surface area (Å²) in [5.74, 6) is 0. The van der Waals surface area contributed by atoms with Crippen LogP contribution in [0, 0.1) is 6.92 Å². The Labute approximate surface area is 117 Å². The van der Waals surface area contributed by atoms with Crippen molar-refractivity contribution in [2.45, 2.75) is 18.2 Å². The SMILES string of the molecule is Cc1ccc(C(Br)Cc2cccs2)cc1Br. The third-order valence-electron chi connectivity index (χ3n) is 2.52. The fourth-order valence-electron chi connectivity index (χ4n) is 1.53. The summed E-state index contributed by atoms with van der Waals surface area (Å²) in [5, 5.41) is 2.13. The summed E-state index contributed by atoms with van der Waals surface area (Å²) < 4.78 is 1.18. The van der Waals surface area contributed by atoms with Crippen molar-refractivity contribution in [3.05, 3.63) is 56.2 Å². The highest BCUT2D eigenvalue weighted by Gasteiger charge is 2.10. The first-order chi connectivity index (χ1) is 7.66. The van der Waals surface area contributed by atoms with Gasteiger partial charge >= 0.3 is 0 Å². The molecule has 0 saturated heterocycles. The van der Waals surface area contributed by atoms with Crippen LogP contribution in [0.4, 0.5) is 0 Å². The van der Waals surface area contributed by atoms with E-state index in [1.807, 2.05) is 11.3 Å². The van der Waals surface area contributed by atoms with Gasteiger partial charge in [-0.05, 0) is 42.0 Å². The molecule has 0 aliphatic heterocycles. The minimum absolute atomic E-state index is 0.392. The molecule has 0 fully saturated rings. The van der Waals surface area contributed by atoms with Gasteiger partial charge in [-0.3, -0.25) is 0 Å². The van der Waals surface area contributed by atoms with Crippen molar-refractivity contribution in [1.29, 1.82) is 0 Å². The van der Waals surface area contributed by atoms with Gasteiger partial charge in [0.05, 0.1) is 0 Å². The molecule has 0 saturated carbocycles. The Kier molecular flexibility index (Phi) is 4.22. The zero-order valence-electron chi connectivity index (χ0n) is 8.91. The van der Waals surface area contributed by atoms with Gasteiger partial charge in [-0.15, -0.1) is 11.3 Å². The fraction of sp³-hybridized carbons (Fsp3) is 0.231. The Hall–Kier alpha value is -0.120. The topological polar surface area (TPSA) is 0 Å². The Balaban J connectivity index is 2.14. The van der Waals surface area contributed by atoms with Gasteiger partial charge in [0.25, 0.3) is 0 Å². The van der Waals surface area contributed by atoms with Crippen LogP contribution in [0.1, 0.15) is 20.8 Å². The van der Waals surface area contributed by atoms with Crippen molar-refractivity contribution in [3.8, 4) is 0 Å². The van der Waals surface area contributed by atoms with Crippen LogP contribution in [0.25, 0.3) is 0 Å². The van der Waals surface area contributed by atoms with Crippen LogP contribution in [0.2, 0.25) is 0 Å². The number of hydrogen-bond acceptors (Lipinski definition) is 1. The minimum Gasteiger partial charge on any atom is -0.149 e. The largest absolute Gasteiger partial charge is 0.149 e.